The van der Waals surface area contributed by atoms with Gasteiger partial charge in [-0.2, -0.15) is 0 Å². The van der Waals surface area contributed by atoms with Crippen LogP contribution in [0, 0.1) is 5.92 Å². The first kappa shape index (κ1) is 18.2. The first-order chi connectivity index (χ1) is 13.7. The summed E-state index contributed by atoms with van der Waals surface area (Å²) < 4.78 is 1.86. The van der Waals surface area contributed by atoms with Crippen molar-refractivity contribution >= 4 is 5.91 Å². The molecule has 4 heterocycles. The molecule has 1 unspecified atom stereocenters. The average Bonchev–Trinajstić information content (AvgIpc) is 3.22. The highest BCUT2D eigenvalue weighted by atomic mass is 16.2. The van der Waals surface area contributed by atoms with Crippen LogP contribution in [0.15, 0.2) is 43.1 Å². The molecular formula is C20H23N7O. The fourth-order valence-electron chi connectivity index (χ4n) is 3.53. The molecule has 0 bridgehead atoms. The summed E-state index contributed by atoms with van der Waals surface area (Å²) in [6, 6.07) is 3.85. The lowest BCUT2D eigenvalue weighted by atomic mass is 9.97. The summed E-state index contributed by atoms with van der Waals surface area (Å²) in [4.78, 5) is 27.3. The normalized spacial score (nSPS) is 16.9. The Morgan fingerprint density at radius 1 is 1.25 bits per heavy atom. The van der Waals surface area contributed by atoms with E-state index in [0.29, 0.717) is 18.0 Å². The summed E-state index contributed by atoms with van der Waals surface area (Å²) in [5, 5.41) is 8.50. The summed E-state index contributed by atoms with van der Waals surface area (Å²) in [6.07, 6.45) is 11.5. The Morgan fingerprint density at radius 3 is 2.86 bits per heavy atom. The standard InChI is InChI=1S/C20H23N7O/c1-2-19-22-10-17(11-23-19)20(28)26-8-4-5-15(12-26)13-27-14-18(24-25-27)16-6-3-7-21-9-16/h3,6-7,9-11,14-15H,2,4-5,8,12-13H2,1H3. The molecule has 1 aliphatic heterocycles. The number of piperidine rings is 1. The van der Waals surface area contributed by atoms with E-state index < -0.39 is 0 Å². The SMILES string of the molecule is CCc1ncc(C(=O)N2CCCC(Cn3cc(-c4cccnc4)nn3)C2)cn1. The van der Waals surface area contributed by atoms with Gasteiger partial charge >= 0.3 is 0 Å². The van der Waals surface area contributed by atoms with E-state index in [1.54, 1.807) is 24.8 Å². The zero-order valence-electron chi connectivity index (χ0n) is 15.9. The van der Waals surface area contributed by atoms with E-state index in [9.17, 15) is 4.79 Å². The van der Waals surface area contributed by atoms with Crippen molar-refractivity contribution in [2.75, 3.05) is 13.1 Å². The minimum absolute atomic E-state index is 0.00184. The number of aryl methyl sites for hydroxylation is 1. The zero-order chi connectivity index (χ0) is 19.3. The van der Waals surface area contributed by atoms with E-state index >= 15 is 0 Å². The quantitative estimate of drug-likeness (QED) is 0.677. The van der Waals surface area contributed by atoms with Gasteiger partial charge in [0.1, 0.15) is 11.5 Å². The molecule has 0 aliphatic carbocycles. The van der Waals surface area contributed by atoms with Crippen molar-refractivity contribution in [2.45, 2.75) is 32.7 Å². The highest BCUT2D eigenvalue weighted by Gasteiger charge is 2.25. The molecule has 1 aliphatic rings. The lowest BCUT2D eigenvalue weighted by Gasteiger charge is -2.32. The van der Waals surface area contributed by atoms with Crippen molar-refractivity contribution in [1.82, 2.24) is 34.8 Å². The van der Waals surface area contributed by atoms with Crippen LogP contribution in [-0.2, 0) is 13.0 Å². The number of amides is 1. The van der Waals surface area contributed by atoms with Crippen LogP contribution < -0.4 is 0 Å². The first-order valence-electron chi connectivity index (χ1n) is 9.63. The molecule has 0 aromatic carbocycles. The predicted octanol–water partition coefficient (Wildman–Crippen LogP) is 2.24. The van der Waals surface area contributed by atoms with Gasteiger partial charge in [-0.1, -0.05) is 12.1 Å². The minimum atomic E-state index is 0.00184. The van der Waals surface area contributed by atoms with Gasteiger partial charge in [0.05, 0.1) is 11.8 Å². The van der Waals surface area contributed by atoms with Crippen molar-refractivity contribution < 1.29 is 4.79 Å². The third-order valence-corrected chi connectivity index (χ3v) is 5.02. The van der Waals surface area contributed by atoms with Crippen LogP contribution in [0.3, 0.4) is 0 Å². The number of carbonyl (C=O) groups is 1. The molecule has 0 spiro atoms. The molecule has 1 saturated heterocycles. The van der Waals surface area contributed by atoms with E-state index in [4.69, 9.17) is 0 Å². The summed E-state index contributed by atoms with van der Waals surface area (Å²) >= 11 is 0. The van der Waals surface area contributed by atoms with Gasteiger partial charge in [-0.3, -0.25) is 14.5 Å². The Hall–Kier alpha value is -3.16. The highest BCUT2D eigenvalue weighted by Crippen LogP contribution is 2.21. The van der Waals surface area contributed by atoms with Crippen molar-refractivity contribution in [3.63, 3.8) is 0 Å². The lowest BCUT2D eigenvalue weighted by molar-refractivity contribution is 0.0658. The predicted molar refractivity (Wildman–Crippen MR) is 103 cm³/mol. The van der Waals surface area contributed by atoms with Crippen molar-refractivity contribution in [1.29, 1.82) is 0 Å². The maximum absolute atomic E-state index is 12.8. The van der Waals surface area contributed by atoms with E-state index in [1.165, 1.54) is 0 Å². The van der Waals surface area contributed by atoms with Crippen molar-refractivity contribution in [3.05, 3.63) is 54.5 Å². The van der Waals surface area contributed by atoms with E-state index in [-0.39, 0.29) is 5.91 Å². The van der Waals surface area contributed by atoms with Crippen LogP contribution in [0.5, 0.6) is 0 Å². The molecule has 8 nitrogen and oxygen atoms in total. The minimum Gasteiger partial charge on any atom is -0.338 e. The van der Waals surface area contributed by atoms with Gasteiger partial charge in [0.2, 0.25) is 0 Å². The Kier molecular flexibility index (Phi) is 5.36. The molecular weight excluding hydrogens is 354 g/mol. The number of hydrogen-bond donors (Lipinski definition) is 0. The number of aromatic nitrogens is 6. The fourth-order valence-corrected chi connectivity index (χ4v) is 3.53. The number of likely N-dealkylation sites (tertiary alicyclic amines) is 1. The van der Waals surface area contributed by atoms with E-state index in [0.717, 1.165) is 49.4 Å². The molecule has 1 amide bonds. The average molecular weight is 377 g/mol. The van der Waals surface area contributed by atoms with Gasteiger partial charge in [0.25, 0.3) is 5.91 Å². The third-order valence-electron chi connectivity index (χ3n) is 5.02. The van der Waals surface area contributed by atoms with E-state index in [2.05, 4.69) is 25.3 Å². The van der Waals surface area contributed by atoms with Gasteiger partial charge < -0.3 is 4.90 Å². The molecule has 3 aromatic heterocycles. The number of nitrogens with zero attached hydrogens (tertiary/aromatic N) is 7. The van der Waals surface area contributed by atoms with Crippen LogP contribution in [-0.4, -0.2) is 53.8 Å². The Morgan fingerprint density at radius 2 is 2.11 bits per heavy atom. The third kappa shape index (κ3) is 4.05. The zero-order valence-corrected chi connectivity index (χ0v) is 15.9. The van der Waals surface area contributed by atoms with Gasteiger partial charge in [0, 0.05) is 56.4 Å². The molecule has 1 fully saturated rings. The summed E-state index contributed by atoms with van der Waals surface area (Å²) in [6.45, 7) is 4.21. The number of hydrogen-bond acceptors (Lipinski definition) is 6. The van der Waals surface area contributed by atoms with E-state index in [1.807, 2.05) is 34.8 Å². The van der Waals surface area contributed by atoms with Crippen LogP contribution >= 0.6 is 0 Å². The highest BCUT2D eigenvalue weighted by molar-refractivity contribution is 5.93. The number of carbonyl (C=O) groups excluding carboxylic acids is 1. The molecule has 8 heteroatoms. The van der Waals surface area contributed by atoms with Crippen LogP contribution in [0.2, 0.25) is 0 Å². The maximum Gasteiger partial charge on any atom is 0.257 e. The van der Waals surface area contributed by atoms with Crippen LogP contribution in [0.1, 0.15) is 35.9 Å². The second kappa shape index (κ2) is 8.24. The Balaban J connectivity index is 1.40. The summed E-state index contributed by atoms with van der Waals surface area (Å²) in [5.41, 5.74) is 2.31. The van der Waals surface area contributed by atoms with Gasteiger partial charge in [-0.05, 0) is 30.9 Å². The molecule has 0 saturated carbocycles. The molecule has 1 atom stereocenters. The summed E-state index contributed by atoms with van der Waals surface area (Å²) in [5.74, 6) is 1.10. The number of pyridine rings is 1. The monoisotopic (exact) mass is 377 g/mol. The Labute approximate surface area is 163 Å². The Bertz CT molecular complexity index is 923. The fraction of sp³-hybridized carbons (Fsp3) is 0.400. The lowest BCUT2D eigenvalue weighted by Crippen LogP contribution is -2.41. The van der Waals surface area contributed by atoms with Crippen molar-refractivity contribution in [2.24, 2.45) is 5.92 Å². The van der Waals surface area contributed by atoms with Gasteiger partial charge in [-0.25, -0.2) is 9.97 Å². The van der Waals surface area contributed by atoms with Gasteiger partial charge in [0.15, 0.2) is 0 Å². The maximum atomic E-state index is 12.8. The molecule has 144 valence electrons. The molecule has 28 heavy (non-hydrogen) atoms. The topological polar surface area (TPSA) is 89.7 Å². The summed E-state index contributed by atoms with van der Waals surface area (Å²) in [7, 11) is 0. The smallest absolute Gasteiger partial charge is 0.257 e. The van der Waals surface area contributed by atoms with Crippen LogP contribution in [0.25, 0.3) is 11.3 Å². The number of rotatable bonds is 5. The molecule has 3 aromatic rings. The van der Waals surface area contributed by atoms with Crippen molar-refractivity contribution in [3.8, 4) is 11.3 Å². The van der Waals surface area contributed by atoms with Crippen LogP contribution in [0.4, 0.5) is 0 Å². The second-order valence-electron chi connectivity index (χ2n) is 7.07. The molecule has 0 N–H and O–H groups in total. The largest absolute Gasteiger partial charge is 0.338 e. The first-order valence-corrected chi connectivity index (χ1v) is 9.63. The van der Waals surface area contributed by atoms with Gasteiger partial charge in [-0.15, -0.1) is 5.10 Å². The molecule has 0 radical (unpaired) electrons. The molecule has 4 rings (SSSR count). The second-order valence-corrected chi connectivity index (χ2v) is 7.07.